The summed E-state index contributed by atoms with van der Waals surface area (Å²) < 4.78 is 6.90. The number of aromatic carboxylic acids is 1. The number of halogens is 1. The standard InChI is InChI=1S/C23H20BrNO3/c1-15-4-3-5-21(16(15)2)25-13-19-12-20(24)10-11-22(19)28-14-17-6-8-18(9-7-17)23(26)27/h3-13H,14H2,1-2H3,(H,26,27). The van der Waals surface area contributed by atoms with Crippen molar-refractivity contribution in [2.75, 3.05) is 0 Å². The quantitative estimate of drug-likeness (QED) is 0.474. The van der Waals surface area contributed by atoms with E-state index >= 15 is 0 Å². The van der Waals surface area contributed by atoms with Crippen molar-refractivity contribution in [1.82, 2.24) is 0 Å². The normalized spacial score (nSPS) is 11.0. The highest BCUT2D eigenvalue weighted by atomic mass is 79.9. The number of hydrogen-bond acceptors (Lipinski definition) is 3. The molecule has 0 spiro atoms. The van der Waals surface area contributed by atoms with Crippen LogP contribution in [0.5, 0.6) is 5.75 Å². The third kappa shape index (κ3) is 4.87. The predicted molar refractivity (Wildman–Crippen MR) is 115 cm³/mol. The summed E-state index contributed by atoms with van der Waals surface area (Å²) in [5, 5.41) is 8.99. The maximum absolute atomic E-state index is 11.0. The van der Waals surface area contributed by atoms with Gasteiger partial charge in [0.05, 0.1) is 11.3 Å². The number of carboxylic acids is 1. The second-order valence-corrected chi connectivity index (χ2v) is 7.37. The molecule has 0 amide bonds. The van der Waals surface area contributed by atoms with E-state index < -0.39 is 5.97 Å². The van der Waals surface area contributed by atoms with E-state index in [9.17, 15) is 4.79 Å². The van der Waals surface area contributed by atoms with Gasteiger partial charge in [-0.1, -0.05) is 40.2 Å². The fraction of sp³-hybridized carbons (Fsp3) is 0.130. The summed E-state index contributed by atoms with van der Waals surface area (Å²) >= 11 is 3.49. The van der Waals surface area contributed by atoms with E-state index in [1.807, 2.05) is 30.3 Å². The van der Waals surface area contributed by atoms with E-state index in [1.54, 1.807) is 30.5 Å². The van der Waals surface area contributed by atoms with Gasteiger partial charge in [-0.15, -0.1) is 0 Å². The number of aryl methyl sites for hydroxylation is 1. The molecular formula is C23H20BrNO3. The van der Waals surface area contributed by atoms with Crippen molar-refractivity contribution < 1.29 is 14.6 Å². The molecule has 0 aliphatic heterocycles. The summed E-state index contributed by atoms with van der Waals surface area (Å²) in [7, 11) is 0. The van der Waals surface area contributed by atoms with Crippen molar-refractivity contribution in [2.24, 2.45) is 4.99 Å². The molecule has 0 aromatic heterocycles. The van der Waals surface area contributed by atoms with E-state index in [0.29, 0.717) is 12.4 Å². The van der Waals surface area contributed by atoms with Crippen LogP contribution in [-0.2, 0) is 6.61 Å². The highest BCUT2D eigenvalue weighted by Gasteiger charge is 2.06. The van der Waals surface area contributed by atoms with Crippen LogP contribution in [-0.4, -0.2) is 17.3 Å². The van der Waals surface area contributed by atoms with Gasteiger partial charge in [-0.05, 0) is 66.9 Å². The third-order valence-corrected chi connectivity index (χ3v) is 4.98. The molecule has 0 radical (unpaired) electrons. The van der Waals surface area contributed by atoms with Gasteiger partial charge in [-0.3, -0.25) is 4.99 Å². The van der Waals surface area contributed by atoms with E-state index in [1.165, 1.54) is 5.56 Å². The van der Waals surface area contributed by atoms with Crippen molar-refractivity contribution in [3.8, 4) is 5.75 Å². The van der Waals surface area contributed by atoms with Gasteiger partial charge in [0.15, 0.2) is 0 Å². The average molecular weight is 438 g/mol. The summed E-state index contributed by atoms with van der Waals surface area (Å²) in [5.41, 5.74) is 5.28. The molecule has 0 heterocycles. The molecular weight excluding hydrogens is 418 g/mol. The Labute approximate surface area is 172 Å². The second-order valence-electron chi connectivity index (χ2n) is 6.45. The van der Waals surface area contributed by atoms with Crippen LogP contribution >= 0.6 is 15.9 Å². The van der Waals surface area contributed by atoms with Crippen LogP contribution in [0.3, 0.4) is 0 Å². The minimum atomic E-state index is -0.940. The van der Waals surface area contributed by atoms with Crippen LogP contribution in [0.15, 0.2) is 70.1 Å². The van der Waals surface area contributed by atoms with Crippen LogP contribution in [0, 0.1) is 13.8 Å². The third-order valence-electron chi connectivity index (χ3n) is 4.49. The highest BCUT2D eigenvalue weighted by molar-refractivity contribution is 9.10. The van der Waals surface area contributed by atoms with Crippen LogP contribution in [0.1, 0.15) is 32.6 Å². The number of ether oxygens (including phenoxy) is 1. The van der Waals surface area contributed by atoms with E-state index in [2.05, 4.69) is 40.8 Å². The zero-order valence-corrected chi connectivity index (χ0v) is 17.2. The first-order valence-corrected chi connectivity index (χ1v) is 9.58. The molecule has 3 aromatic rings. The topological polar surface area (TPSA) is 58.9 Å². The Morgan fingerprint density at radius 2 is 1.86 bits per heavy atom. The van der Waals surface area contributed by atoms with Gasteiger partial charge in [-0.25, -0.2) is 4.79 Å². The first kappa shape index (κ1) is 19.8. The molecule has 0 bridgehead atoms. The summed E-state index contributed by atoms with van der Waals surface area (Å²) in [4.78, 5) is 15.6. The van der Waals surface area contributed by atoms with Crippen molar-refractivity contribution in [2.45, 2.75) is 20.5 Å². The van der Waals surface area contributed by atoms with Crippen LogP contribution in [0.25, 0.3) is 0 Å². The van der Waals surface area contributed by atoms with E-state index in [0.717, 1.165) is 26.9 Å². The molecule has 0 unspecified atom stereocenters. The molecule has 0 aliphatic rings. The lowest BCUT2D eigenvalue weighted by Gasteiger charge is -2.10. The first-order valence-electron chi connectivity index (χ1n) is 8.79. The number of nitrogens with zero attached hydrogens (tertiary/aromatic N) is 1. The molecule has 28 heavy (non-hydrogen) atoms. The minimum Gasteiger partial charge on any atom is -0.488 e. The Hall–Kier alpha value is -2.92. The van der Waals surface area contributed by atoms with E-state index in [4.69, 9.17) is 9.84 Å². The Morgan fingerprint density at radius 3 is 2.57 bits per heavy atom. The fourth-order valence-electron chi connectivity index (χ4n) is 2.67. The second kappa shape index (κ2) is 8.85. The molecule has 0 aliphatic carbocycles. The lowest BCUT2D eigenvalue weighted by Crippen LogP contribution is -2.00. The fourth-order valence-corrected chi connectivity index (χ4v) is 3.05. The number of carboxylic acid groups (broad SMARTS) is 1. The van der Waals surface area contributed by atoms with E-state index in [-0.39, 0.29) is 5.56 Å². The Bertz CT molecular complexity index is 1030. The zero-order valence-electron chi connectivity index (χ0n) is 15.6. The van der Waals surface area contributed by atoms with Crippen LogP contribution in [0.2, 0.25) is 0 Å². The number of aliphatic imine (C=N–C) groups is 1. The molecule has 4 nitrogen and oxygen atoms in total. The van der Waals surface area contributed by atoms with Crippen molar-refractivity contribution in [1.29, 1.82) is 0 Å². The average Bonchev–Trinajstić information content (AvgIpc) is 2.68. The van der Waals surface area contributed by atoms with Gasteiger partial charge in [0.25, 0.3) is 0 Å². The smallest absolute Gasteiger partial charge is 0.335 e. The predicted octanol–water partition coefficient (Wildman–Crippen LogP) is 6.09. The summed E-state index contributed by atoms with van der Waals surface area (Å²) in [5.74, 6) is -0.232. The van der Waals surface area contributed by atoms with Crippen molar-refractivity contribution in [3.05, 3.63) is 93.0 Å². The number of benzene rings is 3. The Morgan fingerprint density at radius 1 is 1.11 bits per heavy atom. The largest absolute Gasteiger partial charge is 0.488 e. The van der Waals surface area contributed by atoms with Crippen LogP contribution < -0.4 is 4.74 Å². The molecule has 0 atom stereocenters. The lowest BCUT2D eigenvalue weighted by atomic mass is 10.1. The summed E-state index contributed by atoms with van der Waals surface area (Å²) in [6.07, 6.45) is 1.80. The highest BCUT2D eigenvalue weighted by Crippen LogP contribution is 2.25. The Balaban J connectivity index is 1.79. The maximum atomic E-state index is 11.0. The first-order chi connectivity index (χ1) is 13.4. The van der Waals surface area contributed by atoms with Gasteiger partial charge < -0.3 is 9.84 Å². The zero-order chi connectivity index (χ0) is 20.1. The Kier molecular flexibility index (Phi) is 6.26. The molecule has 3 aromatic carbocycles. The summed E-state index contributed by atoms with van der Waals surface area (Å²) in [6.45, 7) is 4.46. The molecule has 0 saturated heterocycles. The molecule has 0 fully saturated rings. The molecule has 1 N–H and O–H groups in total. The minimum absolute atomic E-state index is 0.258. The molecule has 3 rings (SSSR count). The van der Waals surface area contributed by atoms with Crippen molar-refractivity contribution in [3.63, 3.8) is 0 Å². The maximum Gasteiger partial charge on any atom is 0.335 e. The number of carbonyl (C=O) groups is 1. The molecule has 142 valence electrons. The lowest BCUT2D eigenvalue weighted by molar-refractivity contribution is 0.0697. The summed E-state index contributed by atoms with van der Waals surface area (Å²) in [6, 6.07) is 18.5. The molecule has 0 saturated carbocycles. The van der Waals surface area contributed by atoms with Gasteiger partial charge in [0.1, 0.15) is 12.4 Å². The number of hydrogen-bond donors (Lipinski definition) is 1. The molecule has 5 heteroatoms. The number of rotatable bonds is 6. The van der Waals surface area contributed by atoms with Gasteiger partial charge in [-0.2, -0.15) is 0 Å². The monoisotopic (exact) mass is 437 g/mol. The van der Waals surface area contributed by atoms with Crippen LogP contribution in [0.4, 0.5) is 5.69 Å². The SMILES string of the molecule is Cc1cccc(N=Cc2cc(Br)ccc2OCc2ccc(C(=O)O)cc2)c1C. The van der Waals surface area contributed by atoms with Gasteiger partial charge in [0.2, 0.25) is 0 Å². The van der Waals surface area contributed by atoms with Gasteiger partial charge in [0, 0.05) is 16.3 Å². The van der Waals surface area contributed by atoms with Gasteiger partial charge >= 0.3 is 5.97 Å². The van der Waals surface area contributed by atoms with Crippen molar-refractivity contribution >= 4 is 33.8 Å².